The summed E-state index contributed by atoms with van der Waals surface area (Å²) < 4.78 is 23.1. The van der Waals surface area contributed by atoms with Crippen LogP contribution in [-0.2, 0) is 18.4 Å². The number of quaternary nitrogens is 1. The van der Waals surface area contributed by atoms with Gasteiger partial charge in [-0.3, -0.25) is 9.36 Å². The van der Waals surface area contributed by atoms with E-state index >= 15 is 0 Å². The molecule has 0 rings (SSSR count). The van der Waals surface area contributed by atoms with E-state index in [-0.39, 0.29) is 19.1 Å². The third-order valence-electron chi connectivity index (χ3n) is 8.76. The molecule has 1 unspecified atom stereocenters. The molecule has 3 atom stereocenters. The summed E-state index contributed by atoms with van der Waals surface area (Å²) in [6.45, 7) is 4.65. The lowest BCUT2D eigenvalue weighted by Gasteiger charge is -2.29. The number of carbonyl (C=O) groups is 1. The van der Waals surface area contributed by atoms with Crippen molar-refractivity contribution in [1.29, 1.82) is 0 Å². The van der Waals surface area contributed by atoms with Crippen LogP contribution in [-0.4, -0.2) is 68.5 Å². The smallest absolute Gasteiger partial charge is 0.268 e. The maximum absolute atomic E-state index is 12.8. The highest BCUT2D eigenvalue weighted by Gasteiger charge is 2.24. The van der Waals surface area contributed by atoms with Crippen LogP contribution in [0.4, 0.5) is 0 Å². The highest BCUT2D eigenvalue weighted by atomic mass is 31.2. The summed E-state index contributed by atoms with van der Waals surface area (Å²) in [4.78, 5) is 25.1. The van der Waals surface area contributed by atoms with Crippen molar-refractivity contribution >= 4 is 13.7 Å². The molecule has 0 saturated heterocycles. The fraction of sp³-hybridized carbons (Fsp3) is 0.921. The number of aliphatic hydroxyl groups is 1. The number of allylic oxidation sites excluding steroid dienone is 1. The summed E-state index contributed by atoms with van der Waals surface area (Å²) in [5.41, 5.74) is 0. The Morgan fingerprint density at radius 1 is 0.723 bits per heavy atom. The lowest BCUT2D eigenvalue weighted by molar-refractivity contribution is -0.870. The third kappa shape index (κ3) is 33.5. The van der Waals surface area contributed by atoms with E-state index in [0.717, 1.165) is 32.1 Å². The van der Waals surface area contributed by atoms with Crippen LogP contribution in [0, 0.1) is 0 Å². The van der Waals surface area contributed by atoms with Gasteiger partial charge in [0.15, 0.2) is 0 Å². The second-order valence-corrected chi connectivity index (χ2v) is 16.1. The molecule has 0 aliphatic heterocycles. The first kappa shape index (κ1) is 46.2. The minimum Gasteiger partial charge on any atom is -0.756 e. The summed E-state index contributed by atoms with van der Waals surface area (Å²) >= 11 is 0. The van der Waals surface area contributed by atoms with Crippen molar-refractivity contribution in [2.45, 2.75) is 187 Å². The maximum Gasteiger partial charge on any atom is 0.268 e. The zero-order valence-electron chi connectivity index (χ0n) is 31.5. The van der Waals surface area contributed by atoms with Crippen molar-refractivity contribution < 1.29 is 32.9 Å². The number of amides is 1. The number of phosphoric ester groups is 1. The van der Waals surface area contributed by atoms with Gasteiger partial charge in [-0.25, -0.2) is 0 Å². The molecular weight excluding hydrogens is 611 g/mol. The molecule has 8 nitrogen and oxygen atoms in total. The Balaban J connectivity index is 4.52. The van der Waals surface area contributed by atoms with E-state index in [2.05, 4.69) is 25.2 Å². The first-order valence-corrected chi connectivity index (χ1v) is 21.0. The van der Waals surface area contributed by atoms with E-state index in [1.807, 2.05) is 27.2 Å². The zero-order valence-corrected chi connectivity index (χ0v) is 32.4. The van der Waals surface area contributed by atoms with Crippen LogP contribution in [0.15, 0.2) is 12.2 Å². The van der Waals surface area contributed by atoms with Gasteiger partial charge in [0.2, 0.25) is 5.91 Å². The molecule has 0 aromatic heterocycles. The predicted octanol–water partition coefficient (Wildman–Crippen LogP) is 9.39. The zero-order chi connectivity index (χ0) is 35.1. The average molecular weight is 689 g/mol. The number of hydrogen-bond acceptors (Lipinski definition) is 6. The van der Waals surface area contributed by atoms with E-state index in [0.29, 0.717) is 23.9 Å². The SMILES string of the molecule is CCCCCCCCCCCCC=CC[C@@H](O)[C@H](COP(=O)([O-])OCC[N+](C)(C)C)NC(=O)CCCCCCCCCCCCCC. The standard InChI is InChI=1S/C38H77N2O6P/c1-6-8-10-12-14-16-18-20-21-23-25-27-29-31-37(41)36(35-46-47(43,44)45-34-33-40(3,4)5)39-38(42)32-30-28-26-24-22-19-17-15-13-11-9-7-2/h27,29,36-37,41H,6-26,28,30-35H2,1-5H3,(H-,39,42,43,44)/t36-,37+/m0/s1. The summed E-state index contributed by atoms with van der Waals surface area (Å²) in [6, 6.07) is -0.842. The van der Waals surface area contributed by atoms with E-state index in [4.69, 9.17) is 9.05 Å². The summed E-state index contributed by atoms with van der Waals surface area (Å²) in [5.74, 6) is -0.189. The van der Waals surface area contributed by atoms with Crippen LogP contribution in [0.2, 0.25) is 0 Å². The van der Waals surface area contributed by atoms with Crippen molar-refractivity contribution in [3.8, 4) is 0 Å². The number of nitrogens with one attached hydrogen (secondary N) is 1. The Kier molecular flexibility index (Phi) is 30.7. The molecule has 0 heterocycles. The van der Waals surface area contributed by atoms with Crippen molar-refractivity contribution in [2.75, 3.05) is 40.9 Å². The maximum atomic E-state index is 12.8. The molecule has 0 fully saturated rings. The monoisotopic (exact) mass is 689 g/mol. The van der Waals surface area contributed by atoms with Crippen molar-refractivity contribution in [3.05, 3.63) is 12.2 Å². The topological polar surface area (TPSA) is 108 Å². The van der Waals surface area contributed by atoms with Crippen molar-refractivity contribution in [2.24, 2.45) is 0 Å². The van der Waals surface area contributed by atoms with Crippen molar-refractivity contribution in [1.82, 2.24) is 5.32 Å². The second-order valence-electron chi connectivity index (χ2n) is 14.6. The molecule has 0 aromatic rings. The minimum absolute atomic E-state index is 0.00448. The Bertz CT molecular complexity index is 789. The van der Waals surface area contributed by atoms with E-state index in [9.17, 15) is 19.4 Å². The quantitative estimate of drug-likeness (QED) is 0.0297. The van der Waals surface area contributed by atoms with Crippen LogP contribution in [0.5, 0.6) is 0 Å². The molecule has 0 radical (unpaired) electrons. The largest absolute Gasteiger partial charge is 0.756 e. The van der Waals surface area contributed by atoms with Gasteiger partial charge >= 0.3 is 0 Å². The molecule has 1 amide bonds. The fourth-order valence-corrected chi connectivity index (χ4v) is 6.28. The van der Waals surface area contributed by atoms with E-state index in [1.54, 1.807) is 0 Å². The van der Waals surface area contributed by atoms with Gasteiger partial charge in [0.25, 0.3) is 7.82 Å². The van der Waals surface area contributed by atoms with E-state index in [1.165, 1.54) is 116 Å². The lowest BCUT2D eigenvalue weighted by Crippen LogP contribution is -2.46. The van der Waals surface area contributed by atoms with Gasteiger partial charge in [-0.1, -0.05) is 154 Å². The number of nitrogens with zero attached hydrogens (tertiary/aromatic N) is 1. The number of likely N-dealkylation sites (N-methyl/N-ethyl adjacent to an activating group) is 1. The number of hydrogen-bond donors (Lipinski definition) is 2. The molecule has 47 heavy (non-hydrogen) atoms. The van der Waals surface area contributed by atoms with Gasteiger partial charge in [0.05, 0.1) is 39.9 Å². The molecule has 0 aliphatic carbocycles. The highest BCUT2D eigenvalue weighted by molar-refractivity contribution is 7.45. The number of carbonyl (C=O) groups excluding carboxylic acids is 1. The van der Waals surface area contributed by atoms with Crippen molar-refractivity contribution in [3.63, 3.8) is 0 Å². The summed E-state index contributed by atoms with van der Waals surface area (Å²) in [7, 11) is 1.27. The molecule has 0 aromatic carbocycles. The number of rotatable bonds is 35. The number of phosphoric acid groups is 1. The first-order chi connectivity index (χ1) is 22.5. The Morgan fingerprint density at radius 2 is 1.17 bits per heavy atom. The molecule has 9 heteroatoms. The molecule has 0 spiro atoms. The Morgan fingerprint density at radius 3 is 1.64 bits per heavy atom. The van der Waals surface area contributed by atoms with Gasteiger partial charge in [-0.2, -0.15) is 0 Å². The van der Waals surface area contributed by atoms with E-state index < -0.39 is 20.0 Å². The molecule has 280 valence electrons. The fourth-order valence-electron chi connectivity index (χ4n) is 5.56. The van der Waals surface area contributed by atoms with Gasteiger partial charge in [-0.05, 0) is 25.7 Å². The Hall–Kier alpha value is -0.760. The van der Waals surface area contributed by atoms with Crippen LogP contribution < -0.4 is 10.2 Å². The minimum atomic E-state index is -4.57. The number of unbranched alkanes of at least 4 members (excludes halogenated alkanes) is 21. The lowest BCUT2D eigenvalue weighted by atomic mass is 10.0. The van der Waals surface area contributed by atoms with Gasteiger partial charge in [0, 0.05) is 6.42 Å². The number of aliphatic hydroxyl groups excluding tert-OH is 1. The molecular formula is C38H77N2O6P. The molecule has 0 aliphatic rings. The van der Waals surface area contributed by atoms with Crippen LogP contribution >= 0.6 is 7.82 Å². The van der Waals surface area contributed by atoms with Crippen LogP contribution in [0.25, 0.3) is 0 Å². The summed E-state index contributed by atoms with van der Waals surface area (Å²) in [5, 5.41) is 13.7. The average Bonchev–Trinajstić information content (AvgIpc) is 3.01. The summed E-state index contributed by atoms with van der Waals surface area (Å²) in [6.07, 6.45) is 32.3. The molecule has 0 bridgehead atoms. The third-order valence-corrected chi connectivity index (χ3v) is 9.72. The van der Waals surface area contributed by atoms with Crippen LogP contribution in [0.1, 0.15) is 174 Å². The van der Waals surface area contributed by atoms with Crippen LogP contribution in [0.3, 0.4) is 0 Å². The predicted molar refractivity (Wildman–Crippen MR) is 196 cm³/mol. The van der Waals surface area contributed by atoms with Gasteiger partial charge < -0.3 is 28.8 Å². The normalized spacial score (nSPS) is 14.8. The van der Waals surface area contributed by atoms with Gasteiger partial charge in [-0.15, -0.1) is 0 Å². The first-order valence-electron chi connectivity index (χ1n) is 19.5. The highest BCUT2D eigenvalue weighted by Crippen LogP contribution is 2.38. The Labute approximate surface area is 291 Å². The second kappa shape index (κ2) is 31.2. The van der Waals surface area contributed by atoms with Gasteiger partial charge in [0.1, 0.15) is 13.2 Å². The molecule has 2 N–H and O–H groups in total. The molecule has 0 saturated carbocycles.